The molecule has 2 aliphatic rings. The topological polar surface area (TPSA) is 125 Å². The summed E-state index contributed by atoms with van der Waals surface area (Å²) in [6.07, 6.45) is 11.2. The highest BCUT2D eigenvalue weighted by atomic mass is 32.2. The van der Waals surface area contributed by atoms with Crippen LogP contribution in [0.2, 0.25) is 0 Å². The van der Waals surface area contributed by atoms with E-state index in [1.165, 1.54) is 12.1 Å². The number of allylic oxidation sites excluding steroid dienone is 3. The predicted octanol–water partition coefficient (Wildman–Crippen LogP) is 2.34. The van der Waals surface area contributed by atoms with Crippen LogP contribution in [0.25, 0.3) is 0 Å². The fourth-order valence-corrected chi connectivity index (χ4v) is 4.22. The molecule has 0 unspecified atom stereocenters. The number of ether oxygens (including phenoxy) is 3. The van der Waals surface area contributed by atoms with Gasteiger partial charge in [0.2, 0.25) is 10.0 Å². The van der Waals surface area contributed by atoms with Gasteiger partial charge in [-0.1, -0.05) is 36.5 Å². The molecule has 1 heterocycles. The van der Waals surface area contributed by atoms with Gasteiger partial charge >= 0.3 is 5.97 Å². The number of rotatable bonds is 7. The first-order valence-corrected chi connectivity index (χ1v) is 11.9. The Labute approximate surface area is 188 Å². The van der Waals surface area contributed by atoms with E-state index < -0.39 is 21.8 Å². The third-order valence-electron chi connectivity index (χ3n) is 5.20. The number of carbonyl (C=O) groups is 1. The maximum Gasteiger partial charge on any atom is 0.329 e. The summed E-state index contributed by atoms with van der Waals surface area (Å²) in [5, 5.41) is 13.9. The second-order valence-corrected chi connectivity index (χ2v) is 9.26. The minimum atomic E-state index is -3.72. The van der Waals surface area contributed by atoms with E-state index in [1.54, 1.807) is 30.4 Å². The van der Waals surface area contributed by atoms with Crippen LogP contribution in [0.5, 0.6) is 0 Å². The monoisotopic (exact) mass is 461 g/mol. The Balaban J connectivity index is 1.58. The van der Waals surface area contributed by atoms with Gasteiger partial charge < -0.3 is 19.3 Å². The van der Waals surface area contributed by atoms with Crippen LogP contribution < -0.4 is 5.14 Å². The molecule has 1 saturated heterocycles. The number of benzene rings is 1. The number of carboxylic acid groups (broad SMARTS) is 1. The van der Waals surface area contributed by atoms with Crippen LogP contribution in [-0.2, 0) is 29.0 Å². The average Bonchev–Trinajstić information content (AvgIpc) is 3.07. The van der Waals surface area contributed by atoms with E-state index >= 15 is 0 Å². The van der Waals surface area contributed by atoms with E-state index in [0.717, 1.165) is 32.1 Å². The molecule has 3 rings (SSSR count). The van der Waals surface area contributed by atoms with Crippen molar-refractivity contribution in [2.24, 2.45) is 5.14 Å². The molecule has 1 aromatic rings. The number of nitrogens with two attached hydrogens (primary N) is 1. The lowest BCUT2D eigenvalue weighted by Gasteiger charge is -2.31. The molecule has 3 N–H and O–H groups in total. The summed E-state index contributed by atoms with van der Waals surface area (Å²) < 4.78 is 40.1. The molecule has 0 amide bonds. The van der Waals surface area contributed by atoms with Gasteiger partial charge in [-0.15, -0.1) is 0 Å². The SMILES string of the molecule is NS(=O)(=O)c1ccc(C#C/C=C/C=C/[C@H]2OC3(CCCCC3)O[C@H]2COCC(=O)O)cc1. The summed E-state index contributed by atoms with van der Waals surface area (Å²) >= 11 is 0. The Morgan fingerprint density at radius 2 is 1.91 bits per heavy atom. The van der Waals surface area contributed by atoms with Gasteiger partial charge in [-0.3, -0.25) is 0 Å². The molecule has 0 radical (unpaired) electrons. The lowest BCUT2D eigenvalue weighted by atomic mass is 9.94. The van der Waals surface area contributed by atoms with Crippen LogP contribution in [0.1, 0.15) is 37.7 Å². The largest absolute Gasteiger partial charge is 0.480 e. The van der Waals surface area contributed by atoms with Crippen LogP contribution in [-0.4, -0.2) is 50.7 Å². The summed E-state index contributed by atoms with van der Waals surface area (Å²) in [7, 11) is -3.72. The molecule has 1 aliphatic heterocycles. The van der Waals surface area contributed by atoms with E-state index in [1.807, 2.05) is 6.08 Å². The van der Waals surface area contributed by atoms with E-state index in [2.05, 4.69) is 11.8 Å². The number of aliphatic carboxylic acids is 1. The smallest absolute Gasteiger partial charge is 0.329 e. The molecule has 2 atom stereocenters. The van der Waals surface area contributed by atoms with Gasteiger partial charge in [0.05, 0.1) is 11.5 Å². The van der Waals surface area contributed by atoms with Crippen LogP contribution in [0.3, 0.4) is 0 Å². The normalized spacial score (nSPS) is 22.9. The predicted molar refractivity (Wildman–Crippen MR) is 117 cm³/mol. The zero-order valence-corrected chi connectivity index (χ0v) is 18.4. The number of sulfonamides is 1. The Kier molecular flexibility index (Phi) is 8.23. The van der Waals surface area contributed by atoms with Gasteiger partial charge in [-0.2, -0.15) is 0 Å². The van der Waals surface area contributed by atoms with Gasteiger partial charge in [0, 0.05) is 18.4 Å². The fourth-order valence-electron chi connectivity index (χ4n) is 3.71. The van der Waals surface area contributed by atoms with Crippen LogP contribution in [0.15, 0.2) is 53.5 Å². The first-order chi connectivity index (χ1) is 15.3. The van der Waals surface area contributed by atoms with E-state index in [-0.39, 0.29) is 30.3 Å². The highest BCUT2D eigenvalue weighted by Crippen LogP contribution is 2.40. The van der Waals surface area contributed by atoms with Gasteiger partial charge in [-0.05, 0) is 43.2 Å². The van der Waals surface area contributed by atoms with Crippen molar-refractivity contribution in [2.45, 2.75) is 55.0 Å². The molecule has 32 heavy (non-hydrogen) atoms. The lowest BCUT2D eigenvalue weighted by Crippen LogP contribution is -2.34. The van der Waals surface area contributed by atoms with Gasteiger partial charge in [-0.25, -0.2) is 18.4 Å². The molecule has 0 aromatic heterocycles. The first-order valence-electron chi connectivity index (χ1n) is 10.4. The molecule has 8 nitrogen and oxygen atoms in total. The zero-order chi connectivity index (χ0) is 23.0. The Morgan fingerprint density at radius 1 is 1.19 bits per heavy atom. The number of hydrogen-bond donors (Lipinski definition) is 2. The summed E-state index contributed by atoms with van der Waals surface area (Å²) in [5.41, 5.74) is 0.661. The molecule has 172 valence electrons. The number of primary sulfonamides is 1. The maximum absolute atomic E-state index is 11.3. The van der Waals surface area contributed by atoms with Crippen molar-refractivity contribution in [3.63, 3.8) is 0 Å². The highest BCUT2D eigenvalue weighted by molar-refractivity contribution is 7.89. The molecule has 1 aliphatic carbocycles. The molecule has 1 aromatic carbocycles. The summed E-state index contributed by atoms with van der Waals surface area (Å²) in [6, 6.07) is 6.00. The van der Waals surface area contributed by atoms with Crippen molar-refractivity contribution in [2.75, 3.05) is 13.2 Å². The van der Waals surface area contributed by atoms with Crippen LogP contribution >= 0.6 is 0 Å². The van der Waals surface area contributed by atoms with Crippen molar-refractivity contribution in [3.05, 3.63) is 54.1 Å². The van der Waals surface area contributed by atoms with E-state index in [4.69, 9.17) is 24.5 Å². The first kappa shape index (κ1) is 24.2. The molecular formula is C23H27NO7S. The van der Waals surface area contributed by atoms with Crippen molar-refractivity contribution in [1.29, 1.82) is 0 Å². The molecule has 2 fully saturated rings. The summed E-state index contributed by atoms with van der Waals surface area (Å²) in [6.45, 7) is -0.238. The molecule has 1 spiro atoms. The number of carboxylic acids is 1. The minimum Gasteiger partial charge on any atom is -0.480 e. The summed E-state index contributed by atoms with van der Waals surface area (Å²) in [5.74, 6) is 4.15. The Bertz CT molecular complexity index is 1010. The highest BCUT2D eigenvalue weighted by Gasteiger charge is 2.47. The second kappa shape index (κ2) is 10.9. The summed E-state index contributed by atoms with van der Waals surface area (Å²) in [4.78, 5) is 10.8. The second-order valence-electron chi connectivity index (χ2n) is 7.70. The molecule has 9 heteroatoms. The molecule has 0 bridgehead atoms. The van der Waals surface area contributed by atoms with Crippen molar-refractivity contribution >= 4 is 16.0 Å². The molecular weight excluding hydrogens is 434 g/mol. The number of hydrogen-bond acceptors (Lipinski definition) is 6. The van der Waals surface area contributed by atoms with E-state index in [9.17, 15) is 13.2 Å². The Morgan fingerprint density at radius 3 is 2.56 bits per heavy atom. The van der Waals surface area contributed by atoms with E-state index in [0.29, 0.717) is 5.56 Å². The lowest BCUT2D eigenvalue weighted by molar-refractivity contribution is -0.195. The van der Waals surface area contributed by atoms with Crippen LogP contribution in [0, 0.1) is 11.8 Å². The van der Waals surface area contributed by atoms with Crippen molar-refractivity contribution < 1.29 is 32.5 Å². The quantitative estimate of drug-likeness (QED) is 0.472. The maximum atomic E-state index is 11.3. The third kappa shape index (κ3) is 7.02. The van der Waals surface area contributed by atoms with Gasteiger partial charge in [0.15, 0.2) is 5.79 Å². The standard InChI is InChI=1S/C23H27NO7S/c24-32(27,28)19-12-10-18(11-13-19)8-4-1-2-5-9-20-21(16-29-17-22(25)26)31-23(30-20)14-6-3-7-15-23/h1-2,5,9-13,20-21H,3,6-7,14-17H2,(H,25,26)(H2,24,27,28)/b2-1+,9-5+/t20-,21+/m1/s1. The average molecular weight is 462 g/mol. The fraction of sp³-hybridized carbons (Fsp3) is 0.435. The van der Waals surface area contributed by atoms with Gasteiger partial charge in [0.25, 0.3) is 0 Å². The molecule has 1 saturated carbocycles. The van der Waals surface area contributed by atoms with Crippen molar-refractivity contribution in [1.82, 2.24) is 0 Å². The van der Waals surface area contributed by atoms with Gasteiger partial charge in [0.1, 0.15) is 18.8 Å². The third-order valence-corrected chi connectivity index (χ3v) is 6.13. The minimum absolute atomic E-state index is 0.0398. The van der Waals surface area contributed by atoms with Crippen molar-refractivity contribution in [3.8, 4) is 11.8 Å². The zero-order valence-electron chi connectivity index (χ0n) is 17.6. The van der Waals surface area contributed by atoms with Crippen LogP contribution in [0.4, 0.5) is 0 Å². The Hall–Kier alpha value is -2.48.